The molecule has 0 aromatic heterocycles. The molecule has 0 saturated carbocycles. The van der Waals surface area contributed by atoms with Crippen LogP contribution in [0.25, 0.3) is 0 Å². The van der Waals surface area contributed by atoms with E-state index in [1.807, 2.05) is 25.3 Å². The van der Waals surface area contributed by atoms with Crippen LogP contribution in [-0.2, 0) is 0 Å². The molecule has 0 bridgehead atoms. The number of rotatable bonds is 2. The molecule has 1 aliphatic heterocycles. The molecular weight excluding hydrogens is 316 g/mol. The summed E-state index contributed by atoms with van der Waals surface area (Å²) in [5.74, 6) is -0.672. The normalized spacial score (nSPS) is 16.8. The van der Waals surface area contributed by atoms with Gasteiger partial charge in [0.2, 0.25) is 0 Å². The highest BCUT2D eigenvalue weighted by Crippen LogP contribution is 2.46. The molecule has 114 valence electrons. The molecule has 5 heteroatoms. The van der Waals surface area contributed by atoms with Gasteiger partial charge >= 0.3 is 0 Å². The molecule has 3 nitrogen and oxygen atoms in total. The van der Waals surface area contributed by atoms with Crippen LogP contribution in [0.4, 0.5) is 0 Å². The van der Waals surface area contributed by atoms with Crippen LogP contribution in [-0.4, -0.2) is 22.3 Å². The first-order valence-electron chi connectivity index (χ1n) is 7.01. The van der Waals surface area contributed by atoms with Crippen LogP contribution in [0.2, 0.25) is 0 Å². The Morgan fingerprint density at radius 1 is 1.14 bits per heavy atom. The maximum Gasteiger partial charge on any atom is 0.171 e. The van der Waals surface area contributed by atoms with E-state index < -0.39 is 0 Å². The van der Waals surface area contributed by atoms with Gasteiger partial charge in [0.1, 0.15) is 0 Å². The first-order chi connectivity index (χ1) is 10.5. The molecule has 1 unspecified atom stereocenters. The average molecular weight is 332 g/mol. The van der Waals surface area contributed by atoms with Crippen molar-refractivity contribution in [1.29, 1.82) is 0 Å². The summed E-state index contributed by atoms with van der Waals surface area (Å²) in [4.78, 5) is 15.7. The zero-order chi connectivity index (χ0) is 15.9. The number of aromatic hydroxyl groups is 2. The number of ketones is 1. The molecule has 2 aromatic carbocycles. The van der Waals surface area contributed by atoms with Crippen LogP contribution in [0.5, 0.6) is 11.5 Å². The van der Waals surface area contributed by atoms with Crippen molar-refractivity contribution >= 4 is 29.3 Å². The first-order valence-corrected chi connectivity index (χ1v) is 9.05. The van der Waals surface area contributed by atoms with Crippen molar-refractivity contribution in [3.63, 3.8) is 0 Å². The third kappa shape index (κ3) is 2.48. The second-order valence-electron chi connectivity index (χ2n) is 5.17. The molecule has 0 radical (unpaired) electrons. The van der Waals surface area contributed by atoms with E-state index in [9.17, 15) is 15.0 Å². The topological polar surface area (TPSA) is 57.5 Å². The summed E-state index contributed by atoms with van der Waals surface area (Å²) in [6.45, 7) is 1.99. The van der Waals surface area contributed by atoms with E-state index in [2.05, 4.69) is 6.07 Å². The van der Waals surface area contributed by atoms with Gasteiger partial charge in [-0.3, -0.25) is 4.79 Å². The minimum absolute atomic E-state index is 0.00375. The van der Waals surface area contributed by atoms with Crippen molar-refractivity contribution in [2.75, 3.05) is 6.26 Å². The fourth-order valence-electron chi connectivity index (χ4n) is 2.71. The molecule has 0 aliphatic carbocycles. The number of Topliss-reactive ketones (excluding diaryl/α,β-unsaturated/α-hetero) is 1. The van der Waals surface area contributed by atoms with E-state index in [1.165, 1.54) is 23.9 Å². The lowest BCUT2D eigenvalue weighted by Crippen LogP contribution is -2.12. The number of hydrogen-bond acceptors (Lipinski definition) is 5. The summed E-state index contributed by atoms with van der Waals surface area (Å²) < 4.78 is 0. The Balaban J connectivity index is 2.23. The molecule has 1 atom stereocenters. The first kappa shape index (κ1) is 15.3. The lowest BCUT2D eigenvalue weighted by atomic mass is 9.88. The largest absolute Gasteiger partial charge is 0.504 e. The Kier molecular flexibility index (Phi) is 4.10. The van der Waals surface area contributed by atoms with Gasteiger partial charge in [0, 0.05) is 26.2 Å². The maximum absolute atomic E-state index is 12.8. The van der Waals surface area contributed by atoms with Gasteiger partial charge in [-0.25, -0.2) is 0 Å². The molecule has 3 rings (SSSR count). The molecule has 2 aromatic rings. The van der Waals surface area contributed by atoms with Crippen molar-refractivity contribution in [3.8, 4) is 11.5 Å². The summed E-state index contributed by atoms with van der Waals surface area (Å²) in [6, 6.07) is 8.99. The minimum atomic E-state index is -0.252. The van der Waals surface area contributed by atoms with Crippen molar-refractivity contribution in [2.24, 2.45) is 0 Å². The molecule has 0 fully saturated rings. The van der Waals surface area contributed by atoms with E-state index in [4.69, 9.17) is 0 Å². The van der Waals surface area contributed by atoms with Crippen molar-refractivity contribution < 1.29 is 15.0 Å². The monoisotopic (exact) mass is 332 g/mol. The molecule has 0 saturated heterocycles. The third-order valence-electron chi connectivity index (χ3n) is 3.88. The highest BCUT2D eigenvalue weighted by molar-refractivity contribution is 8.00. The Morgan fingerprint density at radius 3 is 2.55 bits per heavy atom. The van der Waals surface area contributed by atoms with Crippen molar-refractivity contribution in [3.05, 3.63) is 41.5 Å². The summed E-state index contributed by atoms with van der Waals surface area (Å²) in [7, 11) is 0. The van der Waals surface area contributed by atoms with Gasteiger partial charge in [0.25, 0.3) is 0 Å². The van der Waals surface area contributed by atoms with E-state index in [0.717, 1.165) is 15.4 Å². The number of carbonyl (C=O) groups excluding carboxylic acids is 1. The second kappa shape index (κ2) is 5.89. The van der Waals surface area contributed by atoms with Gasteiger partial charge in [0.05, 0.1) is 0 Å². The van der Waals surface area contributed by atoms with E-state index in [1.54, 1.807) is 11.8 Å². The lowest BCUT2D eigenvalue weighted by molar-refractivity contribution is 0.0953. The number of fused-ring (bicyclic) bond motifs is 2. The Hall–Kier alpha value is -1.59. The summed E-state index contributed by atoms with van der Waals surface area (Å²) in [5.41, 5.74) is 1.50. The van der Waals surface area contributed by atoms with Crippen LogP contribution in [0.15, 0.2) is 45.0 Å². The number of phenols is 2. The van der Waals surface area contributed by atoms with Gasteiger partial charge in [0.15, 0.2) is 17.3 Å². The van der Waals surface area contributed by atoms with Crippen LogP contribution in [0, 0.1) is 0 Å². The quantitative estimate of drug-likeness (QED) is 0.619. The van der Waals surface area contributed by atoms with Crippen LogP contribution in [0.3, 0.4) is 0 Å². The Morgan fingerprint density at radius 2 is 1.86 bits per heavy atom. The maximum atomic E-state index is 12.8. The molecule has 0 amide bonds. The number of phenolic OH excluding ortho intramolecular Hbond substituents is 2. The molecular formula is C17H16O3S2. The van der Waals surface area contributed by atoms with Crippen molar-refractivity contribution in [1.82, 2.24) is 0 Å². The fraction of sp³-hybridized carbons (Fsp3) is 0.235. The van der Waals surface area contributed by atoms with Crippen LogP contribution in [0.1, 0.15) is 35.2 Å². The van der Waals surface area contributed by atoms with E-state index in [0.29, 0.717) is 16.9 Å². The van der Waals surface area contributed by atoms with Crippen LogP contribution >= 0.6 is 23.5 Å². The van der Waals surface area contributed by atoms with Gasteiger partial charge in [-0.1, -0.05) is 24.8 Å². The number of hydrogen-bond donors (Lipinski definition) is 2. The zero-order valence-corrected chi connectivity index (χ0v) is 13.9. The molecule has 1 heterocycles. The van der Waals surface area contributed by atoms with Gasteiger partial charge < -0.3 is 10.2 Å². The predicted molar refractivity (Wildman–Crippen MR) is 89.5 cm³/mol. The molecule has 1 aliphatic rings. The predicted octanol–water partition coefficient (Wildman–Crippen LogP) is 4.66. The SMILES string of the molecule is CCC1C(=O)c2cc(O)c(O)cc2Sc2cc(SC)ccc21. The molecule has 22 heavy (non-hydrogen) atoms. The van der Waals surface area contributed by atoms with E-state index in [-0.39, 0.29) is 23.2 Å². The Labute approximate surface area is 137 Å². The molecule has 0 spiro atoms. The average Bonchev–Trinajstić information content (AvgIpc) is 2.62. The smallest absolute Gasteiger partial charge is 0.171 e. The number of thioether (sulfide) groups is 1. The highest BCUT2D eigenvalue weighted by Gasteiger charge is 2.30. The number of carbonyl (C=O) groups is 1. The van der Waals surface area contributed by atoms with Gasteiger partial charge in [-0.15, -0.1) is 11.8 Å². The van der Waals surface area contributed by atoms with Gasteiger partial charge in [-0.2, -0.15) is 0 Å². The fourth-order valence-corrected chi connectivity index (χ4v) is 4.41. The highest BCUT2D eigenvalue weighted by atomic mass is 32.2. The van der Waals surface area contributed by atoms with E-state index >= 15 is 0 Å². The summed E-state index contributed by atoms with van der Waals surface area (Å²) >= 11 is 3.13. The standard InChI is InChI=1S/C17H16O3S2/c1-3-10-11-5-4-9(21-2)6-15(11)22-16-8-14(19)13(18)7-12(16)17(10)20/h4-8,10,18-19H,3H2,1-2H3. The van der Waals surface area contributed by atoms with Crippen molar-refractivity contribution in [2.45, 2.75) is 33.9 Å². The number of benzene rings is 2. The van der Waals surface area contributed by atoms with Gasteiger partial charge in [-0.05, 0) is 42.5 Å². The molecule has 2 N–H and O–H groups in total. The lowest BCUT2D eigenvalue weighted by Gasteiger charge is -2.15. The zero-order valence-electron chi connectivity index (χ0n) is 12.3. The Bertz CT molecular complexity index is 756. The summed E-state index contributed by atoms with van der Waals surface area (Å²) in [6.07, 6.45) is 2.72. The minimum Gasteiger partial charge on any atom is -0.504 e. The third-order valence-corrected chi connectivity index (χ3v) is 5.74. The summed E-state index contributed by atoms with van der Waals surface area (Å²) in [5, 5.41) is 19.5. The second-order valence-corrected chi connectivity index (χ2v) is 7.13. The van der Waals surface area contributed by atoms with Crippen LogP contribution < -0.4 is 0 Å².